The molecule has 3 N–H and O–H groups in total. The summed E-state index contributed by atoms with van der Waals surface area (Å²) in [5.41, 5.74) is 1.14. The Labute approximate surface area is 151 Å². The lowest BCUT2D eigenvalue weighted by molar-refractivity contribution is -0.119. The molecule has 2 aromatic rings. The van der Waals surface area contributed by atoms with Crippen molar-refractivity contribution < 1.29 is 19.1 Å². The number of carbonyl (C=O) groups is 2. The molecule has 138 valence electrons. The number of hydrogen-bond acceptors (Lipinski definition) is 5. The smallest absolute Gasteiger partial charge is 0.371 e. The maximum atomic E-state index is 12.8. The molecule has 4 rings (SSSR count). The summed E-state index contributed by atoms with van der Waals surface area (Å²) in [6, 6.07) is 6.65. The van der Waals surface area contributed by atoms with Gasteiger partial charge in [-0.15, -0.1) is 0 Å². The summed E-state index contributed by atoms with van der Waals surface area (Å²) in [5.74, 6) is -1.25. The number of hydrogen-bond donors (Lipinski definition) is 3. The van der Waals surface area contributed by atoms with E-state index in [1.807, 2.05) is 0 Å². The molecule has 2 saturated heterocycles. The second-order valence-corrected chi connectivity index (χ2v) is 7.04. The van der Waals surface area contributed by atoms with Crippen molar-refractivity contribution in [2.24, 2.45) is 0 Å². The van der Waals surface area contributed by atoms with Crippen LogP contribution >= 0.6 is 0 Å². The summed E-state index contributed by atoms with van der Waals surface area (Å²) < 4.78 is 5.25. The number of likely N-dealkylation sites (tertiary alicyclic amines) is 1. The Morgan fingerprint density at radius 3 is 2.77 bits per heavy atom. The van der Waals surface area contributed by atoms with Gasteiger partial charge in [0.2, 0.25) is 11.7 Å². The minimum Gasteiger partial charge on any atom is -0.475 e. The molecule has 3 heterocycles. The molecule has 0 aliphatic carbocycles. The maximum Gasteiger partial charge on any atom is 0.371 e. The van der Waals surface area contributed by atoms with Gasteiger partial charge in [-0.05, 0) is 63.2 Å². The summed E-state index contributed by atoms with van der Waals surface area (Å²) in [7, 11) is 0. The highest BCUT2D eigenvalue weighted by Gasteiger charge is 2.36. The fraction of sp³-hybridized carbons (Fsp3) is 0.474. The zero-order valence-electron chi connectivity index (χ0n) is 14.5. The van der Waals surface area contributed by atoms with E-state index in [0.717, 1.165) is 26.1 Å². The number of nitrogens with zero attached hydrogens (tertiary/aromatic N) is 1. The summed E-state index contributed by atoms with van der Waals surface area (Å²) in [5, 5.41) is 16.0. The second kappa shape index (κ2) is 7.09. The average molecular weight is 357 g/mol. The number of carboxylic acids is 1. The molecule has 0 saturated carbocycles. The van der Waals surface area contributed by atoms with Crippen LogP contribution in [-0.2, 0) is 4.79 Å². The molecule has 1 aromatic carbocycles. The van der Waals surface area contributed by atoms with Gasteiger partial charge < -0.3 is 20.2 Å². The van der Waals surface area contributed by atoms with Crippen LogP contribution in [0.25, 0.3) is 11.0 Å². The lowest BCUT2D eigenvalue weighted by atomic mass is 10.0. The minimum absolute atomic E-state index is 0.0422. The van der Waals surface area contributed by atoms with Crippen molar-refractivity contribution in [1.82, 2.24) is 10.2 Å². The Morgan fingerprint density at radius 1 is 1.19 bits per heavy atom. The number of amides is 1. The highest BCUT2D eigenvalue weighted by Crippen LogP contribution is 2.25. The molecule has 0 radical (unpaired) electrons. The van der Waals surface area contributed by atoms with Crippen LogP contribution in [0.3, 0.4) is 0 Å². The highest BCUT2D eigenvalue weighted by atomic mass is 16.4. The van der Waals surface area contributed by atoms with E-state index in [4.69, 9.17) is 9.52 Å². The van der Waals surface area contributed by atoms with E-state index in [2.05, 4.69) is 15.5 Å². The van der Waals surface area contributed by atoms with Gasteiger partial charge in [0.25, 0.3) is 0 Å². The molecule has 2 aliphatic rings. The predicted molar refractivity (Wildman–Crippen MR) is 97.4 cm³/mol. The van der Waals surface area contributed by atoms with Crippen LogP contribution < -0.4 is 10.6 Å². The SMILES string of the molecule is O=C(O)c1cc2cc(NC(=O)[C@H]3NCC[C@H]3N3CCCCC3)ccc2o1. The Kier molecular flexibility index (Phi) is 4.65. The molecular formula is C19H23N3O4. The first-order valence-electron chi connectivity index (χ1n) is 9.17. The summed E-state index contributed by atoms with van der Waals surface area (Å²) >= 11 is 0. The van der Waals surface area contributed by atoms with Gasteiger partial charge in [-0.3, -0.25) is 9.69 Å². The zero-order chi connectivity index (χ0) is 18.1. The summed E-state index contributed by atoms with van der Waals surface area (Å²) in [6.07, 6.45) is 4.67. The lowest BCUT2D eigenvalue weighted by Gasteiger charge is -2.34. The maximum absolute atomic E-state index is 12.8. The number of furan rings is 1. The fourth-order valence-corrected chi connectivity index (χ4v) is 4.05. The predicted octanol–water partition coefficient (Wildman–Crippen LogP) is 2.29. The first-order valence-corrected chi connectivity index (χ1v) is 9.17. The first kappa shape index (κ1) is 17.1. The van der Waals surface area contributed by atoms with Crippen molar-refractivity contribution in [1.29, 1.82) is 0 Å². The van der Waals surface area contributed by atoms with Crippen molar-refractivity contribution in [2.75, 3.05) is 25.0 Å². The number of rotatable bonds is 4. The number of carboxylic acid groups (broad SMARTS) is 1. The molecule has 0 unspecified atom stereocenters. The molecule has 2 atom stereocenters. The van der Waals surface area contributed by atoms with Gasteiger partial charge in [-0.2, -0.15) is 0 Å². The van der Waals surface area contributed by atoms with Crippen LogP contribution in [0.4, 0.5) is 5.69 Å². The van der Waals surface area contributed by atoms with Gasteiger partial charge in [0.1, 0.15) is 11.6 Å². The largest absolute Gasteiger partial charge is 0.475 e. The molecular weight excluding hydrogens is 334 g/mol. The fourth-order valence-electron chi connectivity index (χ4n) is 4.05. The molecule has 0 spiro atoms. The van der Waals surface area contributed by atoms with E-state index in [-0.39, 0.29) is 23.8 Å². The summed E-state index contributed by atoms with van der Waals surface area (Å²) in [4.78, 5) is 26.3. The van der Waals surface area contributed by atoms with E-state index in [9.17, 15) is 9.59 Å². The van der Waals surface area contributed by atoms with E-state index in [1.54, 1.807) is 18.2 Å². The molecule has 1 amide bonds. The summed E-state index contributed by atoms with van der Waals surface area (Å²) in [6.45, 7) is 2.98. The third-order valence-electron chi connectivity index (χ3n) is 5.33. The van der Waals surface area contributed by atoms with Crippen molar-refractivity contribution in [3.8, 4) is 0 Å². The number of nitrogens with one attached hydrogen (secondary N) is 2. The molecule has 26 heavy (non-hydrogen) atoms. The number of aromatic carboxylic acids is 1. The van der Waals surface area contributed by atoms with Crippen LogP contribution in [0.5, 0.6) is 0 Å². The molecule has 7 nitrogen and oxygen atoms in total. The van der Waals surface area contributed by atoms with Crippen molar-refractivity contribution in [2.45, 2.75) is 37.8 Å². The van der Waals surface area contributed by atoms with Crippen LogP contribution in [0.15, 0.2) is 28.7 Å². The number of carbonyl (C=O) groups excluding carboxylic acids is 1. The lowest BCUT2D eigenvalue weighted by Crippen LogP contribution is -2.51. The average Bonchev–Trinajstić information content (AvgIpc) is 3.29. The standard InChI is InChI=1S/C19H23N3O4/c23-18(17-14(6-7-20-17)22-8-2-1-3-9-22)21-13-4-5-15-12(10-13)11-16(26-15)19(24)25/h4-5,10-11,14,17,20H,1-3,6-9H2,(H,21,23)(H,24,25)/t14-,17+/m1/s1. The van der Waals surface area contributed by atoms with Gasteiger partial charge in [0, 0.05) is 17.1 Å². The Balaban J connectivity index is 1.48. The van der Waals surface area contributed by atoms with E-state index < -0.39 is 5.97 Å². The topological polar surface area (TPSA) is 94.8 Å². The monoisotopic (exact) mass is 357 g/mol. The van der Waals surface area contributed by atoms with Crippen LogP contribution in [0.1, 0.15) is 36.2 Å². The first-order chi connectivity index (χ1) is 12.6. The van der Waals surface area contributed by atoms with E-state index >= 15 is 0 Å². The number of piperidine rings is 1. The van der Waals surface area contributed by atoms with Gasteiger partial charge in [0.15, 0.2) is 0 Å². The molecule has 0 bridgehead atoms. The van der Waals surface area contributed by atoms with Crippen LogP contribution in [-0.4, -0.2) is 53.6 Å². The Bertz CT molecular complexity index is 825. The normalized spacial score (nSPS) is 24.0. The third kappa shape index (κ3) is 3.32. The third-order valence-corrected chi connectivity index (χ3v) is 5.33. The number of benzene rings is 1. The van der Waals surface area contributed by atoms with Crippen LogP contribution in [0, 0.1) is 0 Å². The van der Waals surface area contributed by atoms with Crippen molar-refractivity contribution in [3.05, 3.63) is 30.0 Å². The Hall–Kier alpha value is -2.38. The van der Waals surface area contributed by atoms with Crippen molar-refractivity contribution >= 4 is 28.5 Å². The number of fused-ring (bicyclic) bond motifs is 1. The number of anilines is 1. The van der Waals surface area contributed by atoms with Gasteiger partial charge in [0.05, 0.1) is 0 Å². The molecule has 2 aliphatic heterocycles. The van der Waals surface area contributed by atoms with Crippen molar-refractivity contribution in [3.63, 3.8) is 0 Å². The minimum atomic E-state index is -1.11. The van der Waals surface area contributed by atoms with Gasteiger partial charge in [-0.1, -0.05) is 6.42 Å². The van der Waals surface area contributed by atoms with Gasteiger partial charge >= 0.3 is 5.97 Å². The molecule has 2 fully saturated rings. The van der Waals surface area contributed by atoms with E-state index in [1.165, 1.54) is 25.3 Å². The quantitative estimate of drug-likeness (QED) is 0.777. The highest BCUT2D eigenvalue weighted by molar-refractivity contribution is 5.98. The van der Waals surface area contributed by atoms with E-state index in [0.29, 0.717) is 16.7 Å². The van der Waals surface area contributed by atoms with Gasteiger partial charge in [-0.25, -0.2) is 4.79 Å². The van der Waals surface area contributed by atoms with Crippen LogP contribution in [0.2, 0.25) is 0 Å². The Morgan fingerprint density at radius 2 is 2.00 bits per heavy atom. The second-order valence-electron chi connectivity index (χ2n) is 7.04. The molecule has 7 heteroatoms. The molecule has 1 aromatic heterocycles. The zero-order valence-corrected chi connectivity index (χ0v) is 14.5.